The second-order valence-corrected chi connectivity index (χ2v) is 8.00. The molecule has 144 valence electrons. The number of carbonyl (C=O) groups is 1. The molecule has 0 radical (unpaired) electrons. The van der Waals surface area contributed by atoms with Crippen LogP contribution < -0.4 is 10.9 Å². The number of nitrogens with zero attached hydrogens (tertiary/aromatic N) is 2. The SMILES string of the molecule is CC1COCCC1NC(=O)c1cccn2c(=O)c3cc(C4CC4)ccc3nc12. The van der Waals surface area contributed by atoms with Gasteiger partial charge in [-0.15, -0.1) is 0 Å². The van der Waals surface area contributed by atoms with Gasteiger partial charge in [-0.05, 0) is 60.9 Å². The van der Waals surface area contributed by atoms with Gasteiger partial charge < -0.3 is 10.1 Å². The Hall–Kier alpha value is -2.73. The zero-order valence-electron chi connectivity index (χ0n) is 15.9. The molecule has 1 amide bonds. The fraction of sp³-hybridized carbons (Fsp3) is 0.409. The largest absolute Gasteiger partial charge is 0.381 e. The number of benzene rings is 1. The zero-order chi connectivity index (χ0) is 19.3. The van der Waals surface area contributed by atoms with Crippen LogP contribution in [0.4, 0.5) is 0 Å². The van der Waals surface area contributed by atoms with Crippen molar-refractivity contribution < 1.29 is 9.53 Å². The number of amides is 1. The van der Waals surface area contributed by atoms with E-state index in [2.05, 4.69) is 23.3 Å². The summed E-state index contributed by atoms with van der Waals surface area (Å²) in [5.74, 6) is 0.630. The van der Waals surface area contributed by atoms with Gasteiger partial charge in [-0.1, -0.05) is 13.0 Å². The predicted molar refractivity (Wildman–Crippen MR) is 107 cm³/mol. The van der Waals surface area contributed by atoms with E-state index < -0.39 is 0 Å². The first-order chi connectivity index (χ1) is 13.6. The normalized spacial score (nSPS) is 22.5. The summed E-state index contributed by atoms with van der Waals surface area (Å²) >= 11 is 0. The summed E-state index contributed by atoms with van der Waals surface area (Å²) in [4.78, 5) is 30.7. The van der Waals surface area contributed by atoms with E-state index in [0.717, 1.165) is 6.42 Å². The Morgan fingerprint density at radius 3 is 2.89 bits per heavy atom. The molecule has 3 aromatic rings. The van der Waals surface area contributed by atoms with Crippen molar-refractivity contribution in [1.82, 2.24) is 14.7 Å². The van der Waals surface area contributed by atoms with E-state index in [1.165, 1.54) is 22.8 Å². The van der Waals surface area contributed by atoms with Gasteiger partial charge in [0.2, 0.25) is 0 Å². The molecule has 2 aliphatic rings. The number of carbonyl (C=O) groups excluding carboxylic acids is 1. The molecule has 1 aliphatic carbocycles. The molecule has 6 nitrogen and oxygen atoms in total. The Labute approximate surface area is 162 Å². The molecule has 1 saturated heterocycles. The maximum atomic E-state index is 13.1. The van der Waals surface area contributed by atoms with Crippen molar-refractivity contribution in [3.05, 3.63) is 58.0 Å². The lowest BCUT2D eigenvalue weighted by atomic mass is 9.97. The van der Waals surface area contributed by atoms with Gasteiger partial charge in [-0.3, -0.25) is 14.0 Å². The summed E-state index contributed by atoms with van der Waals surface area (Å²) in [5.41, 5.74) is 2.53. The highest BCUT2D eigenvalue weighted by molar-refractivity contribution is 6.00. The molecule has 3 heterocycles. The number of hydrogen-bond donors (Lipinski definition) is 1. The maximum Gasteiger partial charge on any atom is 0.265 e. The topological polar surface area (TPSA) is 72.7 Å². The molecule has 1 aliphatic heterocycles. The average Bonchev–Trinajstić information content (AvgIpc) is 3.55. The molecule has 28 heavy (non-hydrogen) atoms. The van der Waals surface area contributed by atoms with Gasteiger partial charge in [0.15, 0.2) is 5.65 Å². The van der Waals surface area contributed by atoms with Crippen LogP contribution in [-0.2, 0) is 4.74 Å². The van der Waals surface area contributed by atoms with E-state index in [0.29, 0.717) is 41.2 Å². The Kier molecular flexibility index (Phi) is 4.16. The monoisotopic (exact) mass is 377 g/mol. The van der Waals surface area contributed by atoms with Crippen LogP contribution >= 0.6 is 0 Å². The van der Waals surface area contributed by atoms with E-state index in [1.807, 2.05) is 12.1 Å². The van der Waals surface area contributed by atoms with Crippen LogP contribution in [-0.4, -0.2) is 34.5 Å². The molecule has 1 N–H and O–H groups in total. The smallest absolute Gasteiger partial charge is 0.265 e. The second kappa shape index (κ2) is 6.71. The van der Waals surface area contributed by atoms with Gasteiger partial charge in [0, 0.05) is 18.8 Å². The van der Waals surface area contributed by atoms with Gasteiger partial charge in [0.05, 0.1) is 23.1 Å². The van der Waals surface area contributed by atoms with Crippen molar-refractivity contribution in [2.75, 3.05) is 13.2 Å². The van der Waals surface area contributed by atoms with Gasteiger partial charge in [0.25, 0.3) is 11.5 Å². The quantitative estimate of drug-likeness (QED) is 0.713. The van der Waals surface area contributed by atoms with Gasteiger partial charge in [-0.2, -0.15) is 0 Å². The fourth-order valence-electron chi connectivity index (χ4n) is 4.03. The number of rotatable bonds is 3. The maximum absolute atomic E-state index is 13.1. The molecular weight excluding hydrogens is 354 g/mol. The standard InChI is InChI=1S/C22H23N3O3/c1-13-12-28-10-8-18(13)24-21(26)16-3-2-9-25-20(16)23-19-7-6-15(14-4-5-14)11-17(19)22(25)27/h2-3,6-7,9,11,13-14,18H,4-5,8,10,12H2,1H3,(H,24,26). The molecule has 1 saturated carbocycles. The molecule has 1 aromatic carbocycles. The number of pyridine rings is 1. The number of hydrogen-bond acceptors (Lipinski definition) is 4. The number of fused-ring (bicyclic) bond motifs is 2. The molecule has 0 spiro atoms. The lowest BCUT2D eigenvalue weighted by Gasteiger charge is -2.29. The Balaban J connectivity index is 1.57. The second-order valence-electron chi connectivity index (χ2n) is 8.00. The van der Waals surface area contributed by atoms with Crippen molar-refractivity contribution in [1.29, 1.82) is 0 Å². The van der Waals surface area contributed by atoms with Crippen LogP contribution in [0.3, 0.4) is 0 Å². The van der Waals surface area contributed by atoms with Crippen molar-refractivity contribution in [2.24, 2.45) is 5.92 Å². The molecule has 2 atom stereocenters. The third kappa shape index (κ3) is 2.98. The van der Waals surface area contributed by atoms with Gasteiger partial charge >= 0.3 is 0 Å². The van der Waals surface area contributed by atoms with Crippen molar-refractivity contribution in [3.8, 4) is 0 Å². The van der Waals surface area contributed by atoms with E-state index in [9.17, 15) is 9.59 Å². The van der Waals surface area contributed by atoms with Gasteiger partial charge in [0.1, 0.15) is 0 Å². The lowest BCUT2D eigenvalue weighted by molar-refractivity contribution is 0.0375. The zero-order valence-corrected chi connectivity index (χ0v) is 15.9. The minimum atomic E-state index is -0.197. The third-order valence-corrected chi connectivity index (χ3v) is 5.91. The van der Waals surface area contributed by atoms with Crippen LogP contribution in [0.15, 0.2) is 41.3 Å². The first-order valence-electron chi connectivity index (χ1n) is 9.95. The molecule has 5 rings (SSSR count). The number of ether oxygens (including phenoxy) is 1. The highest BCUT2D eigenvalue weighted by Crippen LogP contribution is 2.40. The summed E-state index contributed by atoms with van der Waals surface area (Å²) in [6.07, 6.45) is 4.84. The lowest BCUT2D eigenvalue weighted by Crippen LogP contribution is -2.44. The van der Waals surface area contributed by atoms with Crippen molar-refractivity contribution in [3.63, 3.8) is 0 Å². The van der Waals surface area contributed by atoms with Crippen LogP contribution in [0, 0.1) is 5.92 Å². The highest BCUT2D eigenvalue weighted by atomic mass is 16.5. The van der Waals surface area contributed by atoms with E-state index in [1.54, 1.807) is 18.3 Å². The predicted octanol–water partition coefficient (Wildman–Crippen LogP) is 2.88. The number of aromatic nitrogens is 2. The summed E-state index contributed by atoms with van der Waals surface area (Å²) in [7, 11) is 0. The Bertz CT molecular complexity index is 1130. The Morgan fingerprint density at radius 2 is 2.11 bits per heavy atom. The highest BCUT2D eigenvalue weighted by Gasteiger charge is 2.26. The molecule has 0 bridgehead atoms. The summed E-state index contributed by atoms with van der Waals surface area (Å²) < 4.78 is 6.94. The average molecular weight is 377 g/mol. The van der Waals surface area contributed by atoms with Crippen LogP contribution in [0.2, 0.25) is 0 Å². The molecule has 2 aromatic heterocycles. The minimum absolute atomic E-state index is 0.0646. The van der Waals surface area contributed by atoms with E-state index in [-0.39, 0.29) is 23.4 Å². The Morgan fingerprint density at radius 1 is 1.25 bits per heavy atom. The fourth-order valence-corrected chi connectivity index (χ4v) is 4.03. The minimum Gasteiger partial charge on any atom is -0.381 e. The summed E-state index contributed by atoms with van der Waals surface area (Å²) in [5, 5.41) is 3.71. The van der Waals surface area contributed by atoms with Crippen LogP contribution in [0.5, 0.6) is 0 Å². The van der Waals surface area contributed by atoms with Crippen molar-refractivity contribution in [2.45, 2.75) is 38.1 Å². The van der Waals surface area contributed by atoms with Gasteiger partial charge in [-0.25, -0.2) is 4.98 Å². The molecule has 6 heteroatoms. The van der Waals surface area contributed by atoms with Crippen LogP contribution in [0.25, 0.3) is 16.6 Å². The van der Waals surface area contributed by atoms with E-state index >= 15 is 0 Å². The first kappa shape index (κ1) is 17.4. The third-order valence-electron chi connectivity index (χ3n) is 5.91. The first-order valence-corrected chi connectivity index (χ1v) is 9.95. The molecule has 2 unspecified atom stereocenters. The van der Waals surface area contributed by atoms with Crippen LogP contribution in [0.1, 0.15) is 48.0 Å². The number of nitrogens with one attached hydrogen (secondary N) is 1. The summed E-state index contributed by atoms with van der Waals surface area (Å²) in [6, 6.07) is 9.44. The van der Waals surface area contributed by atoms with E-state index in [4.69, 9.17) is 4.74 Å². The molecular formula is C22H23N3O3. The molecule has 2 fully saturated rings. The van der Waals surface area contributed by atoms with Crippen molar-refractivity contribution >= 4 is 22.5 Å². The summed E-state index contributed by atoms with van der Waals surface area (Å²) in [6.45, 7) is 3.36.